The highest BCUT2D eigenvalue weighted by Gasteiger charge is 2.06. The number of aromatic nitrogens is 1. The molecule has 0 saturated heterocycles. The van der Waals surface area contributed by atoms with Crippen LogP contribution < -0.4 is 5.32 Å². The van der Waals surface area contributed by atoms with E-state index in [0.717, 1.165) is 5.69 Å². The van der Waals surface area contributed by atoms with Gasteiger partial charge in [0.15, 0.2) is 5.78 Å². The number of esters is 1. The standard InChI is InChI=1S/C18H18N2O3/c1-3-23-18(22)14-6-8-16(9-7-14)20-13(2)11-17(21)15-5-4-10-19-12-15/h4-12,20H,3H2,1-2H3/b13-11+. The summed E-state index contributed by atoms with van der Waals surface area (Å²) in [5.74, 6) is -0.468. The Labute approximate surface area is 135 Å². The summed E-state index contributed by atoms with van der Waals surface area (Å²) in [7, 11) is 0. The van der Waals surface area contributed by atoms with Gasteiger partial charge < -0.3 is 10.1 Å². The van der Waals surface area contributed by atoms with Crippen LogP contribution in [0, 0.1) is 0 Å². The van der Waals surface area contributed by atoms with E-state index in [1.165, 1.54) is 12.3 Å². The number of pyridine rings is 1. The van der Waals surface area contributed by atoms with Crippen molar-refractivity contribution in [2.75, 3.05) is 11.9 Å². The molecule has 1 aromatic carbocycles. The van der Waals surface area contributed by atoms with Gasteiger partial charge in [0.25, 0.3) is 0 Å². The van der Waals surface area contributed by atoms with Crippen molar-refractivity contribution in [1.29, 1.82) is 0 Å². The Morgan fingerprint density at radius 1 is 1.17 bits per heavy atom. The molecule has 0 fully saturated rings. The van der Waals surface area contributed by atoms with E-state index >= 15 is 0 Å². The fourth-order valence-corrected chi connectivity index (χ4v) is 1.96. The third kappa shape index (κ3) is 4.78. The molecule has 1 N–H and O–H groups in total. The first kappa shape index (κ1) is 16.4. The molecule has 1 heterocycles. The molecule has 1 aromatic heterocycles. The number of anilines is 1. The topological polar surface area (TPSA) is 68.3 Å². The number of carbonyl (C=O) groups is 2. The van der Waals surface area contributed by atoms with Crippen LogP contribution in [0.15, 0.2) is 60.6 Å². The van der Waals surface area contributed by atoms with Crippen LogP contribution in [0.5, 0.6) is 0 Å². The van der Waals surface area contributed by atoms with Crippen LogP contribution in [0.4, 0.5) is 5.69 Å². The van der Waals surface area contributed by atoms with E-state index in [1.54, 1.807) is 56.4 Å². The Morgan fingerprint density at radius 3 is 2.52 bits per heavy atom. The number of benzene rings is 1. The third-order valence-corrected chi connectivity index (χ3v) is 3.03. The molecule has 0 aliphatic carbocycles. The normalized spacial score (nSPS) is 11.0. The highest BCUT2D eigenvalue weighted by Crippen LogP contribution is 2.13. The summed E-state index contributed by atoms with van der Waals surface area (Å²) in [6.45, 7) is 3.91. The third-order valence-electron chi connectivity index (χ3n) is 3.03. The SMILES string of the molecule is CCOC(=O)c1ccc(N/C(C)=C/C(=O)c2cccnc2)cc1. The number of hydrogen-bond acceptors (Lipinski definition) is 5. The highest BCUT2D eigenvalue weighted by atomic mass is 16.5. The van der Waals surface area contributed by atoms with E-state index in [1.807, 2.05) is 0 Å². The molecule has 2 aromatic rings. The Balaban J connectivity index is 2.02. The van der Waals surface area contributed by atoms with Crippen molar-refractivity contribution in [3.63, 3.8) is 0 Å². The molecule has 2 rings (SSSR count). The molecule has 0 aliphatic heterocycles. The lowest BCUT2D eigenvalue weighted by Gasteiger charge is -2.07. The zero-order valence-corrected chi connectivity index (χ0v) is 13.1. The molecule has 23 heavy (non-hydrogen) atoms. The Kier molecular flexibility index (Phi) is 5.63. The fourth-order valence-electron chi connectivity index (χ4n) is 1.96. The lowest BCUT2D eigenvalue weighted by Crippen LogP contribution is -2.05. The smallest absolute Gasteiger partial charge is 0.338 e. The molecule has 0 saturated carbocycles. The van der Waals surface area contributed by atoms with E-state index in [0.29, 0.717) is 23.4 Å². The average Bonchev–Trinajstić information content (AvgIpc) is 2.56. The largest absolute Gasteiger partial charge is 0.462 e. The van der Waals surface area contributed by atoms with Crippen LogP contribution in [0.3, 0.4) is 0 Å². The molecule has 118 valence electrons. The molecule has 5 nitrogen and oxygen atoms in total. The van der Waals surface area contributed by atoms with Gasteiger partial charge in [-0.25, -0.2) is 4.79 Å². The van der Waals surface area contributed by atoms with Gasteiger partial charge in [0, 0.05) is 35.4 Å². The predicted molar refractivity (Wildman–Crippen MR) is 88.3 cm³/mol. The molecule has 0 atom stereocenters. The van der Waals surface area contributed by atoms with Crippen LogP contribution in [0.2, 0.25) is 0 Å². The minimum absolute atomic E-state index is 0.119. The number of hydrogen-bond donors (Lipinski definition) is 1. The van der Waals surface area contributed by atoms with Crippen molar-refractivity contribution >= 4 is 17.4 Å². The zero-order chi connectivity index (χ0) is 16.7. The minimum atomic E-state index is -0.349. The van der Waals surface area contributed by atoms with Crippen molar-refractivity contribution < 1.29 is 14.3 Å². The van der Waals surface area contributed by atoms with Crippen LogP contribution in [0.25, 0.3) is 0 Å². The summed E-state index contributed by atoms with van der Waals surface area (Å²) in [5.41, 5.74) is 2.50. The first-order valence-electron chi connectivity index (χ1n) is 7.27. The van der Waals surface area contributed by atoms with Crippen molar-refractivity contribution in [2.45, 2.75) is 13.8 Å². The number of allylic oxidation sites excluding steroid dienone is 2. The molecule has 0 radical (unpaired) electrons. The van der Waals surface area contributed by atoms with Crippen molar-refractivity contribution in [3.8, 4) is 0 Å². The molecule has 5 heteroatoms. The van der Waals surface area contributed by atoms with E-state index in [9.17, 15) is 9.59 Å². The van der Waals surface area contributed by atoms with E-state index in [2.05, 4.69) is 10.3 Å². The van der Waals surface area contributed by atoms with Gasteiger partial charge in [0.1, 0.15) is 0 Å². The average molecular weight is 310 g/mol. The second-order valence-corrected chi connectivity index (χ2v) is 4.86. The highest BCUT2D eigenvalue weighted by molar-refractivity contribution is 6.04. The van der Waals surface area contributed by atoms with Gasteiger partial charge in [0.2, 0.25) is 0 Å². The molecule has 0 aliphatic rings. The Bertz CT molecular complexity index is 707. The summed E-state index contributed by atoms with van der Waals surface area (Å²) in [6, 6.07) is 10.3. The molecule has 0 spiro atoms. The van der Waals surface area contributed by atoms with Gasteiger partial charge >= 0.3 is 5.97 Å². The zero-order valence-electron chi connectivity index (χ0n) is 13.1. The Morgan fingerprint density at radius 2 is 1.91 bits per heavy atom. The van der Waals surface area contributed by atoms with E-state index in [-0.39, 0.29) is 11.8 Å². The molecular formula is C18H18N2O3. The lowest BCUT2D eigenvalue weighted by atomic mass is 10.1. The molecule has 0 unspecified atom stereocenters. The maximum absolute atomic E-state index is 12.0. The van der Waals surface area contributed by atoms with Gasteiger partial charge in [-0.05, 0) is 50.2 Å². The van der Waals surface area contributed by atoms with Crippen molar-refractivity contribution in [1.82, 2.24) is 4.98 Å². The van der Waals surface area contributed by atoms with Crippen molar-refractivity contribution in [2.24, 2.45) is 0 Å². The predicted octanol–water partition coefficient (Wildman–Crippen LogP) is 3.46. The monoisotopic (exact) mass is 310 g/mol. The quantitative estimate of drug-likeness (QED) is 0.503. The van der Waals surface area contributed by atoms with Crippen LogP contribution in [0.1, 0.15) is 34.6 Å². The van der Waals surface area contributed by atoms with Crippen LogP contribution in [-0.2, 0) is 4.74 Å². The van der Waals surface area contributed by atoms with Crippen LogP contribution >= 0.6 is 0 Å². The fraction of sp³-hybridized carbons (Fsp3) is 0.167. The van der Waals surface area contributed by atoms with Gasteiger partial charge in [0.05, 0.1) is 12.2 Å². The first-order chi connectivity index (χ1) is 11.1. The maximum atomic E-state index is 12.0. The number of rotatable bonds is 6. The molecular weight excluding hydrogens is 292 g/mol. The number of nitrogens with one attached hydrogen (secondary N) is 1. The number of carbonyl (C=O) groups excluding carboxylic acids is 2. The summed E-state index contributed by atoms with van der Waals surface area (Å²) >= 11 is 0. The number of nitrogens with zero attached hydrogens (tertiary/aromatic N) is 1. The van der Waals surface area contributed by atoms with Crippen molar-refractivity contribution in [3.05, 3.63) is 71.7 Å². The number of ether oxygens (including phenoxy) is 1. The van der Waals surface area contributed by atoms with Gasteiger partial charge in [-0.1, -0.05) is 0 Å². The summed E-state index contributed by atoms with van der Waals surface area (Å²) in [6.07, 6.45) is 4.66. The minimum Gasteiger partial charge on any atom is -0.462 e. The Hall–Kier alpha value is -2.95. The van der Waals surface area contributed by atoms with E-state index < -0.39 is 0 Å². The van der Waals surface area contributed by atoms with E-state index in [4.69, 9.17) is 4.74 Å². The van der Waals surface area contributed by atoms with Gasteiger partial charge in [-0.3, -0.25) is 9.78 Å². The van der Waals surface area contributed by atoms with Gasteiger partial charge in [-0.2, -0.15) is 0 Å². The second kappa shape index (κ2) is 7.89. The molecule has 0 amide bonds. The summed E-state index contributed by atoms with van der Waals surface area (Å²) < 4.78 is 4.93. The summed E-state index contributed by atoms with van der Waals surface area (Å²) in [5, 5.41) is 3.11. The van der Waals surface area contributed by atoms with Crippen LogP contribution in [-0.4, -0.2) is 23.3 Å². The van der Waals surface area contributed by atoms with Gasteiger partial charge in [-0.15, -0.1) is 0 Å². The maximum Gasteiger partial charge on any atom is 0.338 e. The summed E-state index contributed by atoms with van der Waals surface area (Å²) in [4.78, 5) is 27.5. The molecule has 0 bridgehead atoms. The number of ketones is 1. The second-order valence-electron chi connectivity index (χ2n) is 4.86. The lowest BCUT2D eigenvalue weighted by molar-refractivity contribution is 0.0526. The first-order valence-corrected chi connectivity index (χ1v) is 7.27.